The van der Waals surface area contributed by atoms with Gasteiger partial charge in [0.25, 0.3) is 0 Å². The van der Waals surface area contributed by atoms with Crippen LogP contribution in [-0.4, -0.2) is 28.9 Å². The Morgan fingerprint density at radius 2 is 1.84 bits per heavy atom. The molecule has 0 saturated carbocycles. The van der Waals surface area contributed by atoms with Crippen LogP contribution in [-0.2, 0) is 14.4 Å². The first-order chi connectivity index (χ1) is 8.91. The molecule has 6 nitrogen and oxygen atoms in total. The SMILES string of the molecule is CC(C(=O)NC(=O)CC(N)C(=O)O)c1ccccc1. The summed E-state index contributed by atoms with van der Waals surface area (Å²) in [5, 5.41) is 10.7. The quantitative estimate of drug-likeness (QED) is 0.705. The fraction of sp³-hybridized carbons (Fsp3) is 0.308. The number of rotatable bonds is 5. The van der Waals surface area contributed by atoms with Gasteiger partial charge in [0, 0.05) is 0 Å². The van der Waals surface area contributed by atoms with E-state index >= 15 is 0 Å². The number of amides is 2. The first kappa shape index (κ1) is 14.8. The molecule has 0 bridgehead atoms. The van der Waals surface area contributed by atoms with Crippen molar-refractivity contribution in [3.63, 3.8) is 0 Å². The molecule has 0 saturated heterocycles. The van der Waals surface area contributed by atoms with Crippen LogP contribution in [0.4, 0.5) is 0 Å². The van der Waals surface area contributed by atoms with Crippen LogP contribution in [0.1, 0.15) is 24.8 Å². The molecule has 0 spiro atoms. The summed E-state index contributed by atoms with van der Waals surface area (Å²) in [6, 6.07) is 7.66. The molecule has 1 aromatic carbocycles. The van der Waals surface area contributed by atoms with Crippen molar-refractivity contribution in [2.45, 2.75) is 25.3 Å². The zero-order valence-electron chi connectivity index (χ0n) is 10.5. The maximum Gasteiger partial charge on any atom is 0.321 e. The number of nitrogens with two attached hydrogens (primary N) is 1. The van der Waals surface area contributed by atoms with E-state index in [4.69, 9.17) is 10.8 Å². The van der Waals surface area contributed by atoms with E-state index in [0.29, 0.717) is 0 Å². The van der Waals surface area contributed by atoms with Crippen molar-refractivity contribution in [3.05, 3.63) is 35.9 Å². The van der Waals surface area contributed by atoms with Crippen LogP contribution in [0.25, 0.3) is 0 Å². The predicted molar refractivity (Wildman–Crippen MR) is 68.2 cm³/mol. The van der Waals surface area contributed by atoms with Crippen molar-refractivity contribution >= 4 is 17.8 Å². The highest BCUT2D eigenvalue weighted by molar-refractivity contribution is 5.99. The van der Waals surface area contributed by atoms with Gasteiger partial charge in [0.15, 0.2) is 0 Å². The average molecular weight is 264 g/mol. The molecule has 1 aromatic rings. The minimum atomic E-state index is -1.31. The fourth-order valence-corrected chi connectivity index (χ4v) is 1.48. The molecule has 2 amide bonds. The molecule has 1 rings (SSSR count). The Hall–Kier alpha value is -2.21. The van der Waals surface area contributed by atoms with Crippen LogP contribution in [0.5, 0.6) is 0 Å². The molecule has 0 aliphatic carbocycles. The number of nitrogens with one attached hydrogen (secondary N) is 1. The van der Waals surface area contributed by atoms with E-state index in [0.717, 1.165) is 5.56 Å². The molecule has 0 heterocycles. The average Bonchev–Trinajstić information content (AvgIpc) is 2.38. The number of hydrogen-bond acceptors (Lipinski definition) is 4. The van der Waals surface area contributed by atoms with Gasteiger partial charge in [-0.15, -0.1) is 0 Å². The van der Waals surface area contributed by atoms with E-state index < -0.39 is 36.2 Å². The van der Waals surface area contributed by atoms with Crippen molar-refractivity contribution < 1.29 is 19.5 Å². The summed E-state index contributed by atoms with van der Waals surface area (Å²) in [5.41, 5.74) is 5.98. The predicted octanol–water partition coefficient (Wildman–Crippen LogP) is 0.235. The van der Waals surface area contributed by atoms with Gasteiger partial charge in [-0.2, -0.15) is 0 Å². The van der Waals surface area contributed by atoms with E-state index in [1.165, 1.54) is 0 Å². The number of carboxylic acids is 1. The zero-order valence-corrected chi connectivity index (χ0v) is 10.5. The van der Waals surface area contributed by atoms with Gasteiger partial charge in [-0.25, -0.2) is 0 Å². The maximum atomic E-state index is 11.8. The number of aliphatic carboxylic acids is 1. The van der Waals surface area contributed by atoms with Crippen molar-refractivity contribution in [2.24, 2.45) is 5.73 Å². The van der Waals surface area contributed by atoms with Crippen LogP contribution < -0.4 is 11.1 Å². The van der Waals surface area contributed by atoms with Crippen molar-refractivity contribution in [1.29, 1.82) is 0 Å². The summed E-state index contributed by atoms with van der Waals surface area (Å²) in [5.74, 6) is -2.94. The molecule has 0 aromatic heterocycles. The van der Waals surface area contributed by atoms with Crippen LogP contribution in [0.3, 0.4) is 0 Å². The molecule has 0 aliphatic rings. The molecule has 6 heteroatoms. The summed E-state index contributed by atoms with van der Waals surface area (Å²) in [6.07, 6.45) is -0.428. The monoisotopic (exact) mass is 264 g/mol. The Morgan fingerprint density at radius 1 is 1.26 bits per heavy atom. The van der Waals surface area contributed by atoms with E-state index in [1.54, 1.807) is 31.2 Å². The Morgan fingerprint density at radius 3 is 2.37 bits per heavy atom. The van der Waals surface area contributed by atoms with Crippen molar-refractivity contribution in [1.82, 2.24) is 5.32 Å². The van der Waals surface area contributed by atoms with Gasteiger partial charge in [-0.3, -0.25) is 19.7 Å². The van der Waals surface area contributed by atoms with Gasteiger partial charge in [-0.05, 0) is 12.5 Å². The Bertz CT molecular complexity index is 473. The molecule has 102 valence electrons. The number of benzene rings is 1. The van der Waals surface area contributed by atoms with Gasteiger partial charge in [-0.1, -0.05) is 30.3 Å². The van der Waals surface area contributed by atoms with E-state index in [2.05, 4.69) is 5.32 Å². The van der Waals surface area contributed by atoms with Gasteiger partial charge in [0.2, 0.25) is 11.8 Å². The highest BCUT2D eigenvalue weighted by atomic mass is 16.4. The number of imide groups is 1. The van der Waals surface area contributed by atoms with Crippen LogP contribution in [0.15, 0.2) is 30.3 Å². The summed E-state index contributed by atoms with van der Waals surface area (Å²) in [4.78, 5) is 33.7. The lowest BCUT2D eigenvalue weighted by atomic mass is 10.0. The van der Waals surface area contributed by atoms with Gasteiger partial charge >= 0.3 is 5.97 Å². The minimum Gasteiger partial charge on any atom is -0.480 e. The molecule has 0 fully saturated rings. The lowest BCUT2D eigenvalue weighted by molar-refractivity contribution is -0.141. The lowest BCUT2D eigenvalue weighted by Crippen LogP contribution is -2.40. The third-order valence-corrected chi connectivity index (χ3v) is 2.68. The first-order valence-electron chi connectivity index (χ1n) is 5.79. The Kier molecular flexibility index (Phi) is 5.20. The van der Waals surface area contributed by atoms with Crippen molar-refractivity contribution in [2.75, 3.05) is 0 Å². The molecule has 2 atom stereocenters. The first-order valence-corrected chi connectivity index (χ1v) is 5.79. The number of hydrogen-bond donors (Lipinski definition) is 3. The normalized spacial score (nSPS) is 13.4. The molecule has 2 unspecified atom stereocenters. The molecule has 0 aliphatic heterocycles. The topological polar surface area (TPSA) is 109 Å². The van der Waals surface area contributed by atoms with Crippen LogP contribution >= 0.6 is 0 Å². The Balaban J connectivity index is 2.55. The fourth-order valence-electron chi connectivity index (χ4n) is 1.48. The zero-order chi connectivity index (χ0) is 14.4. The van der Waals surface area contributed by atoms with Gasteiger partial charge in [0.1, 0.15) is 6.04 Å². The molecular formula is C13H16N2O4. The van der Waals surface area contributed by atoms with Gasteiger partial charge < -0.3 is 10.8 Å². The third kappa shape index (κ3) is 4.51. The third-order valence-electron chi connectivity index (χ3n) is 2.68. The second-order valence-corrected chi connectivity index (χ2v) is 4.19. The second-order valence-electron chi connectivity index (χ2n) is 4.19. The number of carbonyl (C=O) groups is 3. The van der Waals surface area contributed by atoms with Crippen LogP contribution in [0, 0.1) is 0 Å². The van der Waals surface area contributed by atoms with Crippen LogP contribution in [0.2, 0.25) is 0 Å². The highest BCUT2D eigenvalue weighted by Crippen LogP contribution is 2.14. The number of carbonyl (C=O) groups excluding carboxylic acids is 2. The largest absolute Gasteiger partial charge is 0.480 e. The summed E-state index contributed by atoms with van der Waals surface area (Å²) >= 11 is 0. The summed E-state index contributed by atoms with van der Waals surface area (Å²) in [6.45, 7) is 1.66. The minimum absolute atomic E-state index is 0.428. The molecule has 19 heavy (non-hydrogen) atoms. The number of carboxylic acid groups (broad SMARTS) is 1. The summed E-state index contributed by atoms with van der Waals surface area (Å²) in [7, 11) is 0. The van der Waals surface area contributed by atoms with E-state index in [1.807, 2.05) is 6.07 Å². The highest BCUT2D eigenvalue weighted by Gasteiger charge is 2.21. The van der Waals surface area contributed by atoms with Gasteiger partial charge in [0.05, 0.1) is 12.3 Å². The molecule has 0 radical (unpaired) electrons. The standard InChI is InChI=1S/C13H16N2O4/c1-8(9-5-3-2-4-6-9)12(17)15-11(16)7-10(14)13(18)19/h2-6,8,10H,7,14H2,1H3,(H,18,19)(H,15,16,17). The lowest BCUT2D eigenvalue weighted by Gasteiger charge is -2.12. The van der Waals surface area contributed by atoms with E-state index in [-0.39, 0.29) is 0 Å². The maximum absolute atomic E-state index is 11.8. The summed E-state index contributed by atoms with van der Waals surface area (Å²) < 4.78 is 0. The molecule has 4 N–H and O–H groups in total. The Labute approximate surface area is 110 Å². The smallest absolute Gasteiger partial charge is 0.321 e. The molecular weight excluding hydrogens is 248 g/mol. The van der Waals surface area contributed by atoms with Crippen molar-refractivity contribution in [3.8, 4) is 0 Å². The second kappa shape index (κ2) is 6.65. The van der Waals surface area contributed by atoms with E-state index in [9.17, 15) is 14.4 Å².